The van der Waals surface area contributed by atoms with Crippen LogP contribution in [-0.2, 0) is 26.7 Å². The van der Waals surface area contributed by atoms with Crippen molar-refractivity contribution in [1.82, 2.24) is 19.0 Å². The number of aliphatic carboxylic acids is 1. The van der Waals surface area contributed by atoms with Crippen molar-refractivity contribution >= 4 is 21.9 Å². The van der Waals surface area contributed by atoms with Gasteiger partial charge in [0.05, 0.1) is 5.69 Å². The first-order valence-electron chi connectivity index (χ1n) is 7.57. The van der Waals surface area contributed by atoms with E-state index in [1.807, 2.05) is 0 Å². The molecule has 2 saturated heterocycles. The molecule has 24 heavy (non-hydrogen) atoms. The van der Waals surface area contributed by atoms with Crippen LogP contribution in [0.15, 0.2) is 11.1 Å². The Labute approximate surface area is 139 Å². The van der Waals surface area contributed by atoms with Crippen molar-refractivity contribution in [2.75, 3.05) is 26.2 Å². The van der Waals surface area contributed by atoms with Gasteiger partial charge in [0.15, 0.2) is 5.03 Å². The smallest absolute Gasteiger partial charge is 0.313 e. The summed E-state index contributed by atoms with van der Waals surface area (Å²) in [5.74, 6) is -1.67. The SMILES string of the molecule is CC(=O)N1C[C@H]2CN(S(=O)(=O)c3cc(C)nn3C)C[C@@]2(C(=O)O)C1. The molecule has 0 aromatic carbocycles. The average molecular weight is 356 g/mol. The summed E-state index contributed by atoms with van der Waals surface area (Å²) in [4.78, 5) is 24.9. The minimum Gasteiger partial charge on any atom is -0.481 e. The quantitative estimate of drug-likeness (QED) is 0.765. The number of rotatable bonds is 3. The zero-order chi connectivity index (χ0) is 17.9. The second-order valence-electron chi connectivity index (χ2n) is 6.60. The van der Waals surface area contributed by atoms with Gasteiger partial charge in [-0.05, 0) is 13.0 Å². The molecule has 2 aliphatic heterocycles. The molecule has 132 valence electrons. The molecule has 0 unspecified atom stereocenters. The third kappa shape index (κ3) is 2.32. The van der Waals surface area contributed by atoms with Crippen molar-refractivity contribution in [3.05, 3.63) is 11.8 Å². The van der Waals surface area contributed by atoms with Crippen LogP contribution >= 0.6 is 0 Å². The Balaban J connectivity index is 1.94. The highest BCUT2D eigenvalue weighted by atomic mass is 32.2. The zero-order valence-electron chi connectivity index (χ0n) is 13.8. The van der Waals surface area contributed by atoms with Crippen LogP contribution in [0, 0.1) is 18.3 Å². The number of nitrogens with zero attached hydrogens (tertiary/aromatic N) is 4. The Morgan fingerprint density at radius 1 is 1.33 bits per heavy atom. The number of likely N-dealkylation sites (tertiary alicyclic amines) is 1. The highest BCUT2D eigenvalue weighted by Crippen LogP contribution is 2.44. The molecule has 1 N–H and O–H groups in total. The molecule has 0 bridgehead atoms. The second kappa shape index (κ2) is 5.28. The predicted octanol–water partition coefficient (Wildman–Crippen LogP) is -0.718. The molecule has 2 atom stereocenters. The predicted molar refractivity (Wildman–Crippen MR) is 82.5 cm³/mol. The lowest BCUT2D eigenvalue weighted by molar-refractivity contribution is -0.148. The van der Waals surface area contributed by atoms with E-state index in [2.05, 4.69) is 5.10 Å². The van der Waals surface area contributed by atoms with E-state index in [4.69, 9.17) is 0 Å². The molecule has 1 amide bonds. The second-order valence-corrected chi connectivity index (χ2v) is 8.49. The van der Waals surface area contributed by atoms with Crippen molar-refractivity contribution in [1.29, 1.82) is 0 Å². The number of aryl methyl sites for hydroxylation is 2. The van der Waals surface area contributed by atoms with Gasteiger partial charge in [-0.3, -0.25) is 14.3 Å². The number of fused-ring (bicyclic) bond motifs is 1. The molecule has 3 heterocycles. The Morgan fingerprint density at radius 2 is 2.00 bits per heavy atom. The molecule has 1 aromatic rings. The monoisotopic (exact) mass is 356 g/mol. The lowest BCUT2D eigenvalue weighted by atomic mass is 9.81. The van der Waals surface area contributed by atoms with E-state index in [-0.39, 0.29) is 37.1 Å². The van der Waals surface area contributed by atoms with Crippen LogP contribution in [0.5, 0.6) is 0 Å². The van der Waals surface area contributed by atoms with Gasteiger partial charge in [-0.1, -0.05) is 0 Å². The van der Waals surface area contributed by atoms with Crippen molar-refractivity contribution in [2.24, 2.45) is 18.4 Å². The van der Waals surface area contributed by atoms with E-state index in [0.29, 0.717) is 5.69 Å². The summed E-state index contributed by atoms with van der Waals surface area (Å²) in [6.45, 7) is 3.34. The van der Waals surface area contributed by atoms with Crippen molar-refractivity contribution in [2.45, 2.75) is 18.9 Å². The number of sulfonamides is 1. The first-order chi connectivity index (χ1) is 11.1. The minimum atomic E-state index is -3.83. The largest absolute Gasteiger partial charge is 0.481 e. The fraction of sp³-hybridized carbons (Fsp3) is 0.643. The number of carbonyl (C=O) groups is 2. The van der Waals surface area contributed by atoms with Crippen LogP contribution in [0.3, 0.4) is 0 Å². The Hall–Kier alpha value is -1.94. The summed E-state index contributed by atoms with van der Waals surface area (Å²) in [5.41, 5.74) is -0.669. The van der Waals surface area contributed by atoms with E-state index in [9.17, 15) is 23.1 Å². The van der Waals surface area contributed by atoms with Crippen LogP contribution in [0.4, 0.5) is 0 Å². The molecule has 10 heteroatoms. The summed E-state index contributed by atoms with van der Waals surface area (Å²) in [6.07, 6.45) is 0. The molecule has 2 aliphatic rings. The molecular formula is C14H20N4O5S. The Kier molecular flexibility index (Phi) is 3.72. The number of carboxylic acids is 1. The fourth-order valence-electron chi connectivity index (χ4n) is 3.71. The van der Waals surface area contributed by atoms with Crippen LogP contribution in [0.2, 0.25) is 0 Å². The van der Waals surface area contributed by atoms with Crippen LogP contribution in [-0.4, -0.2) is 70.6 Å². The summed E-state index contributed by atoms with van der Waals surface area (Å²) in [5, 5.41) is 13.8. The van der Waals surface area contributed by atoms with Crippen molar-refractivity contribution in [3.8, 4) is 0 Å². The molecule has 0 spiro atoms. The van der Waals surface area contributed by atoms with Crippen molar-refractivity contribution < 1.29 is 23.1 Å². The lowest BCUT2D eigenvalue weighted by Gasteiger charge is -2.24. The van der Waals surface area contributed by atoms with E-state index in [1.165, 1.54) is 26.9 Å². The van der Waals surface area contributed by atoms with Gasteiger partial charge in [0.1, 0.15) is 5.41 Å². The van der Waals surface area contributed by atoms with E-state index in [0.717, 1.165) is 0 Å². The average Bonchev–Trinajstić information content (AvgIpc) is 3.08. The van der Waals surface area contributed by atoms with E-state index < -0.39 is 27.3 Å². The molecule has 0 radical (unpaired) electrons. The summed E-state index contributed by atoms with van der Waals surface area (Å²) >= 11 is 0. The lowest BCUT2D eigenvalue weighted by Crippen LogP contribution is -2.42. The van der Waals surface area contributed by atoms with Gasteiger partial charge in [0.25, 0.3) is 10.0 Å². The zero-order valence-corrected chi connectivity index (χ0v) is 14.6. The summed E-state index contributed by atoms with van der Waals surface area (Å²) in [7, 11) is -2.29. The summed E-state index contributed by atoms with van der Waals surface area (Å²) < 4.78 is 28.2. The van der Waals surface area contributed by atoms with E-state index >= 15 is 0 Å². The maximum atomic E-state index is 12.9. The molecule has 3 rings (SSSR count). The number of amides is 1. The third-order valence-electron chi connectivity index (χ3n) is 5.01. The number of carbonyl (C=O) groups excluding carboxylic acids is 1. The number of carboxylic acid groups (broad SMARTS) is 1. The normalized spacial score (nSPS) is 27.5. The van der Waals surface area contributed by atoms with Gasteiger partial charge >= 0.3 is 5.97 Å². The Morgan fingerprint density at radius 3 is 2.46 bits per heavy atom. The standard InChI is InChI=1S/C14H20N4O5S/c1-9-4-12(16(3)15-9)24(22,23)18-6-11-5-17(10(2)19)7-14(11,8-18)13(20)21/h4,11H,5-8H2,1-3H3,(H,20,21)/t11-,14-/m0/s1. The van der Waals surface area contributed by atoms with Gasteiger partial charge in [-0.25, -0.2) is 8.42 Å². The number of hydrogen-bond acceptors (Lipinski definition) is 5. The minimum absolute atomic E-state index is 0.0404. The molecule has 2 fully saturated rings. The topological polar surface area (TPSA) is 113 Å². The maximum absolute atomic E-state index is 12.9. The Bertz CT molecular complexity index is 817. The van der Waals surface area contributed by atoms with Gasteiger partial charge in [0, 0.05) is 46.1 Å². The first kappa shape index (κ1) is 16.9. The fourth-order valence-corrected chi connectivity index (χ4v) is 5.44. The van der Waals surface area contributed by atoms with Crippen molar-refractivity contribution in [3.63, 3.8) is 0 Å². The van der Waals surface area contributed by atoms with Crippen LogP contribution < -0.4 is 0 Å². The number of hydrogen-bond donors (Lipinski definition) is 1. The third-order valence-corrected chi connectivity index (χ3v) is 6.88. The van der Waals surface area contributed by atoms with Gasteiger partial charge in [0.2, 0.25) is 5.91 Å². The first-order valence-corrected chi connectivity index (χ1v) is 9.01. The van der Waals surface area contributed by atoms with Gasteiger partial charge in [-0.15, -0.1) is 0 Å². The summed E-state index contributed by atoms with van der Waals surface area (Å²) in [6, 6.07) is 1.47. The molecular weight excluding hydrogens is 336 g/mol. The maximum Gasteiger partial charge on any atom is 0.313 e. The highest BCUT2D eigenvalue weighted by molar-refractivity contribution is 7.89. The molecule has 0 saturated carbocycles. The molecule has 1 aromatic heterocycles. The highest BCUT2D eigenvalue weighted by Gasteiger charge is 2.60. The van der Waals surface area contributed by atoms with Gasteiger partial charge in [-0.2, -0.15) is 9.40 Å². The van der Waals surface area contributed by atoms with Crippen LogP contribution in [0.1, 0.15) is 12.6 Å². The molecule has 0 aliphatic carbocycles. The van der Waals surface area contributed by atoms with Crippen LogP contribution in [0.25, 0.3) is 0 Å². The van der Waals surface area contributed by atoms with E-state index in [1.54, 1.807) is 14.0 Å². The molecule has 9 nitrogen and oxygen atoms in total. The van der Waals surface area contributed by atoms with Gasteiger partial charge < -0.3 is 10.0 Å². The number of aromatic nitrogens is 2.